The predicted molar refractivity (Wildman–Crippen MR) is 66.4 cm³/mol. The Hall–Kier alpha value is -1.09. The Morgan fingerprint density at radius 3 is 2.50 bits per heavy atom. The van der Waals surface area contributed by atoms with Gasteiger partial charge in [-0.3, -0.25) is 9.88 Å². The number of hydrogen-bond acceptors (Lipinski definition) is 3. The molecule has 3 nitrogen and oxygen atoms in total. The van der Waals surface area contributed by atoms with Crippen molar-refractivity contribution in [2.45, 2.75) is 40.3 Å². The van der Waals surface area contributed by atoms with Crippen molar-refractivity contribution in [3.05, 3.63) is 23.5 Å². The highest BCUT2D eigenvalue weighted by atomic mass is 16.3. The second-order valence-electron chi connectivity index (χ2n) is 4.82. The summed E-state index contributed by atoms with van der Waals surface area (Å²) in [6.07, 6.45) is 0. The van der Waals surface area contributed by atoms with Gasteiger partial charge in [-0.15, -0.1) is 0 Å². The predicted octanol–water partition coefficient (Wildman–Crippen LogP) is 2.57. The van der Waals surface area contributed by atoms with Crippen LogP contribution in [0.15, 0.2) is 12.1 Å². The van der Waals surface area contributed by atoms with Crippen LogP contribution in [0, 0.1) is 12.8 Å². The topological polar surface area (TPSA) is 36.4 Å². The van der Waals surface area contributed by atoms with Gasteiger partial charge in [0.1, 0.15) is 5.75 Å². The van der Waals surface area contributed by atoms with Crippen LogP contribution in [0.1, 0.15) is 32.2 Å². The minimum atomic E-state index is 0.286. The molecule has 16 heavy (non-hydrogen) atoms. The van der Waals surface area contributed by atoms with E-state index in [1.165, 1.54) is 0 Å². The highest BCUT2D eigenvalue weighted by Crippen LogP contribution is 2.18. The molecule has 90 valence electrons. The largest absolute Gasteiger partial charge is 0.506 e. The van der Waals surface area contributed by atoms with Crippen molar-refractivity contribution in [3.8, 4) is 5.75 Å². The molecule has 1 N–H and O–H groups in total. The fraction of sp³-hybridized carbons (Fsp3) is 0.615. The van der Waals surface area contributed by atoms with Crippen molar-refractivity contribution in [3.63, 3.8) is 0 Å². The third-order valence-electron chi connectivity index (χ3n) is 3.15. The molecule has 0 radical (unpaired) electrons. The quantitative estimate of drug-likeness (QED) is 0.850. The van der Waals surface area contributed by atoms with E-state index in [-0.39, 0.29) is 5.75 Å². The maximum Gasteiger partial charge on any atom is 0.138 e. The molecule has 0 saturated carbocycles. The molecule has 0 aliphatic carbocycles. The molecule has 3 heteroatoms. The van der Waals surface area contributed by atoms with Crippen LogP contribution in [0.4, 0.5) is 0 Å². The van der Waals surface area contributed by atoms with Crippen LogP contribution in [0.3, 0.4) is 0 Å². The molecule has 0 spiro atoms. The molecule has 0 aromatic carbocycles. The summed E-state index contributed by atoms with van der Waals surface area (Å²) in [5.74, 6) is 0.880. The second-order valence-corrected chi connectivity index (χ2v) is 4.82. The lowest BCUT2D eigenvalue weighted by atomic mass is 10.1. The van der Waals surface area contributed by atoms with Crippen molar-refractivity contribution in [2.75, 3.05) is 7.05 Å². The number of rotatable bonds is 4. The number of aromatic nitrogens is 1. The number of nitrogens with zero attached hydrogens (tertiary/aromatic N) is 2. The van der Waals surface area contributed by atoms with Crippen LogP contribution in [0.5, 0.6) is 5.75 Å². The maximum absolute atomic E-state index is 9.72. The monoisotopic (exact) mass is 222 g/mol. The lowest BCUT2D eigenvalue weighted by Crippen LogP contribution is -2.33. The maximum atomic E-state index is 9.72. The average Bonchev–Trinajstić information content (AvgIpc) is 2.22. The zero-order valence-corrected chi connectivity index (χ0v) is 10.9. The summed E-state index contributed by atoms with van der Waals surface area (Å²) in [4.78, 5) is 6.58. The first kappa shape index (κ1) is 13.0. The van der Waals surface area contributed by atoms with Gasteiger partial charge in [-0.05, 0) is 38.9 Å². The number of aryl methyl sites for hydroxylation is 1. The van der Waals surface area contributed by atoms with Gasteiger partial charge in [-0.25, -0.2) is 0 Å². The fourth-order valence-electron chi connectivity index (χ4n) is 1.61. The zero-order valence-electron chi connectivity index (χ0n) is 10.9. The van der Waals surface area contributed by atoms with E-state index in [9.17, 15) is 5.11 Å². The SMILES string of the molecule is Cc1ccc(O)c(CN(C)C(C)C(C)C)n1. The van der Waals surface area contributed by atoms with E-state index in [4.69, 9.17) is 0 Å². The summed E-state index contributed by atoms with van der Waals surface area (Å²) in [5.41, 5.74) is 1.70. The van der Waals surface area contributed by atoms with Crippen molar-refractivity contribution in [1.29, 1.82) is 0 Å². The lowest BCUT2D eigenvalue weighted by molar-refractivity contribution is 0.196. The highest BCUT2D eigenvalue weighted by molar-refractivity contribution is 5.27. The summed E-state index contributed by atoms with van der Waals surface area (Å²) in [5, 5.41) is 9.72. The summed E-state index contributed by atoms with van der Waals surface area (Å²) >= 11 is 0. The first-order chi connectivity index (χ1) is 7.41. The van der Waals surface area contributed by atoms with E-state index in [1.807, 2.05) is 13.0 Å². The van der Waals surface area contributed by atoms with E-state index in [0.29, 0.717) is 18.5 Å². The molecule has 0 saturated heterocycles. The smallest absolute Gasteiger partial charge is 0.138 e. The van der Waals surface area contributed by atoms with Crippen molar-refractivity contribution in [2.24, 2.45) is 5.92 Å². The molecule has 0 bridgehead atoms. The molecule has 0 fully saturated rings. The number of pyridine rings is 1. The number of hydrogen-bond donors (Lipinski definition) is 1. The summed E-state index contributed by atoms with van der Waals surface area (Å²) in [6.45, 7) is 9.22. The summed E-state index contributed by atoms with van der Waals surface area (Å²) < 4.78 is 0. The molecular formula is C13H22N2O. The summed E-state index contributed by atoms with van der Waals surface area (Å²) in [7, 11) is 2.06. The zero-order chi connectivity index (χ0) is 12.3. The minimum absolute atomic E-state index is 0.286. The molecule has 1 aromatic rings. The molecule has 1 heterocycles. The molecule has 1 aromatic heterocycles. The fourth-order valence-corrected chi connectivity index (χ4v) is 1.61. The second kappa shape index (κ2) is 5.30. The van der Waals surface area contributed by atoms with Gasteiger partial charge in [0.25, 0.3) is 0 Å². The minimum Gasteiger partial charge on any atom is -0.506 e. The summed E-state index contributed by atoms with van der Waals surface area (Å²) in [6, 6.07) is 4.01. The Bertz CT molecular complexity index is 350. The molecule has 0 aliphatic rings. The standard InChI is InChI=1S/C13H22N2O/c1-9(2)11(4)15(5)8-12-13(16)7-6-10(3)14-12/h6-7,9,11,16H,8H2,1-5H3. The average molecular weight is 222 g/mol. The highest BCUT2D eigenvalue weighted by Gasteiger charge is 2.15. The van der Waals surface area contributed by atoms with Crippen LogP contribution < -0.4 is 0 Å². The Labute approximate surface area is 98.1 Å². The third-order valence-corrected chi connectivity index (χ3v) is 3.15. The van der Waals surface area contributed by atoms with Crippen molar-refractivity contribution in [1.82, 2.24) is 9.88 Å². The van der Waals surface area contributed by atoms with Gasteiger partial charge in [0, 0.05) is 18.3 Å². The van der Waals surface area contributed by atoms with Crippen LogP contribution in [0.25, 0.3) is 0 Å². The van der Waals surface area contributed by atoms with Gasteiger partial charge < -0.3 is 5.11 Å². The first-order valence-corrected chi connectivity index (χ1v) is 5.77. The Balaban J connectivity index is 2.76. The first-order valence-electron chi connectivity index (χ1n) is 5.77. The Kier molecular flexibility index (Phi) is 4.30. The van der Waals surface area contributed by atoms with E-state index in [1.54, 1.807) is 6.07 Å². The van der Waals surface area contributed by atoms with Crippen molar-refractivity contribution < 1.29 is 5.11 Å². The van der Waals surface area contributed by atoms with E-state index >= 15 is 0 Å². The van der Waals surface area contributed by atoms with Gasteiger partial charge in [-0.2, -0.15) is 0 Å². The normalized spacial score (nSPS) is 13.4. The molecule has 0 aliphatic heterocycles. The van der Waals surface area contributed by atoms with E-state index in [2.05, 4.69) is 37.7 Å². The van der Waals surface area contributed by atoms with Crippen molar-refractivity contribution >= 4 is 0 Å². The van der Waals surface area contributed by atoms with Crippen LogP contribution in [-0.4, -0.2) is 28.1 Å². The Morgan fingerprint density at radius 1 is 1.31 bits per heavy atom. The van der Waals surface area contributed by atoms with E-state index < -0.39 is 0 Å². The lowest BCUT2D eigenvalue weighted by Gasteiger charge is -2.27. The van der Waals surface area contributed by atoms with Gasteiger partial charge >= 0.3 is 0 Å². The number of aromatic hydroxyl groups is 1. The van der Waals surface area contributed by atoms with Crippen LogP contribution >= 0.6 is 0 Å². The van der Waals surface area contributed by atoms with Gasteiger partial charge in [0.2, 0.25) is 0 Å². The molecule has 1 atom stereocenters. The van der Waals surface area contributed by atoms with Crippen LogP contribution in [-0.2, 0) is 6.54 Å². The molecule has 1 unspecified atom stereocenters. The third kappa shape index (κ3) is 3.20. The van der Waals surface area contributed by atoms with Gasteiger partial charge in [0.05, 0.1) is 5.69 Å². The molecule has 1 rings (SSSR count). The van der Waals surface area contributed by atoms with Gasteiger partial charge in [-0.1, -0.05) is 13.8 Å². The Morgan fingerprint density at radius 2 is 1.94 bits per heavy atom. The van der Waals surface area contributed by atoms with E-state index in [0.717, 1.165) is 11.4 Å². The van der Waals surface area contributed by atoms with Crippen LogP contribution in [0.2, 0.25) is 0 Å². The molecule has 0 amide bonds. The van der Waals surface area contributed by atoms with Gasteiger partial charge in [0.15, 0.2) is 0 Å². The molecular weight excluding hydrogens is 200 g/mol.